The number of aromatic nitrogens is 1. The van der Waals surface area contributed by atoms with Crippen LogP contribution in [-0.4, -0.2) is 24.3 Å². The number of benzene rings is 2. The van der Waals surface area contributed by atoms with Crippen LogP contribution in [0.25, 0.3) is 17.4 Å². The number of methoxy groups -OCH3 is 1. The number of para-hydroxylation sites is 1. The molecule has 1 aliphatic rings. The van der Waals surface area contributed by atoms with Crippen LogP contribution in [0.4, 0.5) is 0 Å². The van der Waals surface area contributed by atoms with Crippen molar-refractivity contribution in [3.8, 4) is 17.1 Å². The highest BCUT2D eigenvalue weighted by Crippen LogP contribution is 2.35. The molecule has 0 bridgehead atoms. The van der Waals surface area contributed by atoms with Gasteiger partial charge in [-0.1, -0.05) is 41.1 Å². The van der Waals surface area contributed by atoms with Crippen LogP contribution in [0, 0.1) is 0 Å². The Labute approximate surface area is 221 Å². The van der Waals surface area contributed by atoms with Crippen molar-refractivity contribution in [3.05, 3.63) is 108 Å². The number of hydrogen-bond donors (Lipinski definition) is 0. The van der Waals surface area contributed by atoms with Crippen LogP contribution < -0.4 is 19.6 Å². The zero-order chi connectivity index (χ0) is 26.1. The second-order valence-electron chi connectivity index (χ2n) is 8.25. The Kier molecular flexibility index (Phi) is 6.86. The highest BCUT2D eigenvalue weighted by atomic mass is 35.5. The predicted octanol–water partition coefficient (Wildman–Crippen LogP) is 4.72. The summed E-state index contributed by atoms with van der Waals surface area (Å²) in [6.45, 7) is 3.69. The molecule has 0 aliphatic carbocycles. The van der Waals surface area contributed by atoms with Gasteiger partial charge >= 0.3 is 5.97 Å². The molecule has 4 aromatic rings. The van der Waals surface area contributed by atoms with Crippen LogP contribution in [0.3, 0.4) is 0 Å². The largest absolute Gasteiger partial charge is 0.496 e. The average Bonchev–Trinajstić information content (AvgIpc) is 3.48. The van der Waals surface area contributed by atoms with E-state index < -0.39 is 12.0 Å². The van der Waals surface area contributed by atoms with Crippen LogP contribution >= 0.6 is 22.9 Å². The molecule has 0 amide bonds. The third kappa shape index (κ3) is 4.65. The smallest absolute Gasteiger partial charge is 0.338 e. The van der Waals surface area contributed by atoms with E-state index >= 15 is 0 Å². The third-order valence-electron chi connectivity index (χ3n) is 5.98. The minimum atomic E-state index is -0.755. The molecule has 3 heterocycles. The first-order valence-corrected chi connectivity index (χ1v) is 12.8. The third-order valence-corrected chi connectivity index (χ3v) is 7.21. The summed E-state index contributed by atoms with van der Waals surface area (Å²) < 4.78 is 18.9. The van der Waals surface area contributed by atoms with E-state index in [0.717, 1.165) is 5.56 Å². The van der Waals surface area contributed by atoms with Crippen LogP contribution in [-0.2, 0) is 9.53 Å². The zero-order valence-corrected chi connectivity index (χ0v) is 21.9. The fourth-order valence-electron chi connectivity index (χ4n) is 4.31. The molecule has 2 aromatic heterocycles. The van der Waals surface area contributed by atoms with E-state index in [1.807, 2.05) is 36.4 Å². The molecule has 9 heteroatoms. The molecule has 0 unspecified atom stereocenters. The first-order valence-electron chi connectivity index (χ1n) is 11.6. The van der Waals surface area contributed by atoms with E-state index in [4.69, 9.17) is 25.5 Å². The Morgan fingerprint density at radius 2 is 1.92 bits per heavy atom. The molecule has 0 saturated heterocycles. The van der Waals surface area contributed by atoms with Crippen molar-refractivity contribution in [2.75, 3.05) is 13.7 Å². The molecule has 0 spiro atoms. The standard InChI is InChI=1S/C28H23ClN2O5S/c1-4-35-27(33)24-16(2)30-28-31(25(24)20-7-5-6-8-22(20)34-3)26(32)23(37-28)15-19-13-14-21(36-19)17-9-11-18(29)12-10-17/h5-15,25H,4H2,1-3H3/b23-15-/t25-/m1/s1. The number of fused-ring (bicyclic) bond motifs is 1. The van der Waals surface area contributed by atoms with E-state index in [2.05, 4.69) is 4.99 Å². The van der Waals surface area contributed by atoms with Crippen LogP contribution in [0.1, 0.15) is 31.2 Å². The van der Waals surface area contributed by atoms with Gasteiger partial charge in [0.1, 0.15) is 23.3 Å². The zero-order valence-electron chi connectivity index (χ0n) is 20.4. The first-order chi connectivity index (χ1) is 17.9. The van der Waals surface area contributed by atoms with Crippen molar-refractivity contribution in [1.29, 1.82) is 0 Å². The van der Waals surface area contributed by atoms with Gasteiger partial charge in [-0.25, -0.2) is 9.79 Å². The second-order valence-corrected chi connectivity index (χ2v) is 9.70. The van der Waals surface area contributed by atoms with Crippen LogP contribution in [0.5, 0.6) is 5.75 Å². The highest BCUT2D eigenvalue weighted by molar-refractivity contribution is 7.07. The number of carbonyl (C=O) groups is 1. The summed E-state index contributed by atoms with van der Waals surface area (Å²) in [5.41, 5.74) is 2.03. The molecule has 2 aromatic carbocycles. The molecular weight excluding hydrogens is 512 g/mol. The second kappa shape index (κ2) is 10.2. The number of ether oxygens (including phenoxy) is 2. The molecule has 5 rings (SSSR count). The maximum Gasteiger partial charge on any atom is 0.338 e. The quantitative estimate of drug-likeness (QED) is 0.334. The van der Waals surface area contributed by atoms with Gasteiger partial charge in [0.25, 0.3) is 5.56 Å². The van der Waals surface area contributed by atoms with E-state index in [9.17, 15) is 9.59 Å². The molecule has 0 N–H and O–H groups in total. The van der Waals surface area contributed by atoms with E-state index in [1.165, 1.54) is 15.9 Å². The maximum atomic E-state index is 13.8. The molecular formula is C28H23ClN2O5S. The van der Waals surface area contributed by atoms with Crippen molar-refractivity contribution < 1.29 is 18.7 Å². The predicted molar refractivity (Wildman–Crippen MR) is 143 cm³/mol. The molecule has 37 heavy (non-hydrogen) atoms. The molecule has 7 nitrogen and oxygen atoms in total. The number of thiazole rings is 1. The molecule has 1 atom stereocenters. The van der Waals surface area contributed by atoms with E-state index in [1.54, 1.807) is 51.3 Å². The van der Waals surface area contributed by atoms with Gasteiger partial charge in [-0.15, -0.1) is 0 Å². The lowest BCUT2D eigenvalue weighted by atomic mass is 9.95. The SMILES string of the molecule is CCOC(=O)C1=C(C)N=c2s/c(=C\c3ccc(-c4ccc(Cl)cc4)o3)c(=O)n2[C@@H]1c1ccccc1OC. The summed E-state index contributed by atoms with van der Waals surface area (Å²) in [6.07, 6.45) is 1.69. The first kappa shape index (κ1) is 24.8. The summed E-state index contributed by atoms with van der Waals surface area (Å²) in [5, 5.41) is 0.638. The normalized spacial score (nSPS) is 15.4. The molecule has 188 valence electrons. The molecule has 0 saturated carbocycles. The van der Waals surface area contributed by atoms with Gasteiger partial charge in [-0.2, -0.15) is 0 Å². The number of esters is 1. The number of rotatable bonds is 6. The van der Waals surface area contributed by atoms with Gasteiger partial charge in [0.15, 0.2) is 4.80 Å². The average molecular weight is 535 g/mol. The van der Waals surface area contributed by atoms with Gasteiger partial charge in [0, 0.05) is 22.2 Å². The Balaban J connectivity index is 1.66. The van der Waals surface area contributed by atoms with Gasteiger partial charge < -0.3 is 13.9 Å². The van der Waals surface area contributed by atoms with Crippen molar-refractivity contribution in [2.24, 2.45) is 4.99 Å². The topological polar surface area (TPSA) is 83.0 Å². The number of halogens is 1. The number of allylic oxidation sites excluding steroid dienone is 1. The molecule has 1 aliphatic heterocycles. The Morgan fingerprint density at radius 3 is 2.65 bits per heavy atom. The Hall–Kier alpha value is -3.88. The monoisotopic (exact) mass is 534 g/mol. The lowest BCUT2D eigenvalue weighted by Crippen LogP contribution is -2.40. The van der Waals surface area contributed by atoms with Gasteiger partial charge in [0.2, 0.25) is 0 Å². The summed E-state index contributed by atoms with van der Waals surface area (Å²) in [4.78, 5) is 31.9. The maximum absolute atomic E-state index is 13.8. The summed E-state index contributed by atoms with van der Waals surface area (Å²) in [6, 6.07) is 17.5. The Morgan fingerprint density at radius 1 is 1.16 bits per heavy atom. The van der Waals surface area contributed by atoms with E-state index in [-0.39, 0.29) is 12.2 Å². The van der Waals surface area contributed by atoms with Gasteiger partial charge in [-0.3, -0.25) is 9.36 Å². The van der Waals surface area contributed by atoms with Crippen molar-refractivity contribution >= 4 is 35.0 Å². The van der Waals surface area contributed by atoms with E-state index in [0.29, 0.717) is 48.5 Å². The molecule has 0 radical (unpaired) electrons. The number of nitrogens with zero attached hydrogens (tertiary/aromatic N) is 2. The summed E-state index contributed by atoms with van der Waals surface area (Å²) in [5.74, 6) is 1.21. The fourth-order valence-corrected chi connectivity index (χ4v) is 5.46. The van der Waals surface area contributed by atoms with Crippen molar-refractivity contribution in [3.63, 3.8) is 0 Å². The fraction of sp³-hybridized carbons (Fsp3) is 0.179. The van der Waals surface area contributed by atoms with Gasteiger partial charge in [-0.05, 0) is 56.3 Å². The van der Waals surface area contributed by atoms with Crippen LogP contribution in [0.2, 0.25) is 5.02 Å². The molecule has 0 fully saturated rings. The highest BCUT2D eigenvalue weighted by Gasteiger charge is 2.34. The minimum absolute atomic E-state index is 0.202. The van der Waals surface area contributed by atoms with Crippen LogP contribution in [0.15, 0.2) is 86.1 Å². The lowest BCUT2D eigenvalue weighted by Gasteiger charge is -2.25. The lowest BCUT2D eigenvalue weighted by molar-refractivity contribution is -0.139. The minimum Gasteiger partial charge on any atom is -0.496 e. The number of carbonyl (C=O) groups excluding carboxylic acids is 1. The number of hydrogen-bond acceptors (Lipinski definition) is 7. The van der Waals surface area contributed by atoms with Crippen molar-refractivity contribution in [1.82, 2.24) is 4.57 Å². The summed E-state index contributed by atoms with van der Waals surface area (Å²) >= 11 is 7.22. The van der Waals surface area contributed by atoms with Crippen molar-refractivity contribution in [2.45, 2.75) is 19.9 Å². The Bertz CT molecular complexity index is 1700. The number of furan rings is 1. The van der Waals surface area contributed by atoms with Gasteiger partial charge in [0.05, 0.1) is 29.5 Å². The summed E-state index contributed by atoms with van der Waals surface area (Å²) in [7, 11) is 1.55.